The molecular formula is C17H21NO3. The molecule has 0 aliphatic carbocycles. The molecule has 112 valence electrons. The zero-order valence-corrected chi connectivity index (χ0v) is 12.5. The van der Waals surface area contributed by atoms with Crippen molar-refractivity contribution in [2.45, 2.75) is 39.2 Å². The van der Waals surface area contributed by atoms with Gasteiger partial charge in [-0.25, -0.2) is 4.79 Å². The number of likely N-dealkylation sites (tertiary alicyclic amines) is 1. The van der Waals surface area contributed by atoms with Gasteiger partial charge in [-0.1, -0.05) is 30.3 Å². The van der Waals surface area contributed by atoms with E-state index in [1.54, 1.807) is 6.92 Å². The lowest BCUT2D eigenvalue weighted by molar-refractivity contribution is -0.134. The van der Waals surface area contributed by atoms with Crippen molar-refractivity contribution in [1.29, 1.82) is 0 Å². The van der Waals surface area contributed by atoms with Gasteiger partial charge in [-0.2, -0.15) is 0 Å². The predicted octanol–water partition coefficient (Wildman–Crippen LogP) is 2.64. The first-order valence-electron chi connectivity index (χ1n) is 7.26. The molecule has 0 radical (unpaired) electrons. The molecular weight excluding hydrogens is 266 g/mol. The highest BCUT2D eigenvalue weighted by Crippen LogP contribution is 2.23. The summed E-state index contributed by atoms with van der Waals surface area (Å²) in [6, 6.07) is 10.3. The Kier molecular flexibility index (Phi) is 4.78. The van der Waals surface area contributed by atoms with E-state index in [9.17, 15) is 9.59 Å². The molecule has 0 saturated carbocycles. The van der Waals surface area contributed by atoms with Gasteiger partial charge < -0.3 is 10.0 Å². The molecule has 0 aromatic heterocycles. The Morgan fingerprint density at radius 1 is 1.19 bits per heavy atom. The number of carboxylic acids is 1. The SMILES string of the molecule is CC(C(=O)O)=C(C)C(=O)N1CCCC1Cc1ccccc1. The fourth-order valence-electron chi connectivity index (χ4n) is 2.74. The number of hydrogen-bond acceptors (Lipinski definition) is 2. The number of nitrogens with zero attached hydrogens (tertiary/aromatic N) is 1. The van der Waals surface area contributed by atoms with Gasteiger partial charge >= 0.3 is 5.97 Å². The maximum absolute atomic E-state index is 12.5. The number of carbonyl (C=O) groups excluding carboxylic acids is 1. The summed E-state index contributed by atoms with van der Waals surface area (Å²) in [6.07, 6.45) is 2.77. The summed E-state index contributed by atoms with van der Waals surface area (Å²) in [4.78, 5) is 25.3. The zero-order valence-electron chi connectivity index (χ0n) is 12.5. The maximum atomic E-state index is 12.5. The van der Waals surface area contributed by atoms with Gasteiger partial charge in [0.05, 0.1) is 0 Å². The minimum atomic E-state index is -1.03. The largest absolute Gasteiger partial charge is 0.478 e. The maximum Gasteiger partial charge on any atom is 0.331 e. The van der Waals surface area contributed by atoms with E-state index in [2.05, 4.69) is 12.1 Å². The van der Waals surface area contributed by atoms with E-state index in [4.69, 9.17) is 5.11 Å². The van der Waals surface area contributed by atoms with Gasteiger partial charge in [-0.3, -0.25) is 4.79 Å². The van der Waals surface area contributed by atoms with Crippen LogP contribution in [0.1, 0.15) is 32.3 Å². The molecule has 1 aliphatic rings. The summed E-state index contributed by atoms with van der Waals surface area (Å²) < 4.78 is 0. The molecule has 1 fully saturated rings. The fourth-order valence-corrected chi connectivity index (χ4v) is 2.74. The molecule has 0 spiro atoms. The lowest BCUT2D eigenvalue weighted by Crippen LogP contribution is -2.37. The van der Waals surface area contributed by atoms with Crippen molar-refractivity contribution >= 4 is 11.9 Å². The van der Waals surface area contributed by atoms with Crippen LogP contribution in [0.5, 0.6) is 0 Å². The summed E-state index contributed by atoms with van der Waals surface area (Å²) in [5.41, 5.74) is 1.67. The van der Waals surface area contributed by atoms with E-state index in [0.29, 0.717) is 12.1 Å². The quantitative estimate of drug-likeness (QED) is 0.866. The first-order chi connectivity index (χ1) is 10.0. The zero-order chi connectivity index (χ0) is 15.4. The van der Waals surface area contributed by atoms with E-state index in [-0.39, 0.29) is 17.5 Å². The number of benzene rings is 1. The third kappa shape index (κ3) is 3.51. The van der Waals surface area contributed by atoms with Crippen molar-refractivity contribution in [3.8, 4) is 0 Å². The molecule has 2 rings (SSSR count). The minimum absolute atomic E-state index is 0.130. The number of carbonyl (C=O) groups is 2. The highest BCUT2D eigenvalue weighted by Gasteiger charge is 2.30. The van der Waals surface area contributed by atoms with Crippen molar-refractivity contribution in [3.05, 3.63) is 47.0 Å². The first-order valence-corrected chi connectivity index (χ1v) is 7.26. The second-order valence-corrected chi connectivity index (χ2v) is 5.54. The Bertz CT molecular complexity index is 563. The molecule has 1 atom stereocenters. The van der Waals surface area contributed by atoms with E-state index in [1.807, 2.05) is 23.1 Å². The highest BCUT2D eigenvalue weighted by atomic mass is 16.4. The van der Waals surface area contributed by atoms with Crippen LogP contribution in [0, 0.1) is 0 Å². The number of hydrogen-bond donors (Lipinski definition) is 1. The lowest BCUT2D eigenvalue weighted by atomic mass is 10.0. The Morgan fingerprint density at radius 2 is 1.86 bits per heavy atom. The van der Waals surface area contributed by atoms with Gasteiger partial charge in [0.1, 0.15) is 0 Å². The normalized spacial score (nSPS) is 19.3. The van der Waals surface area contributed by atoms with Crippen molar-refractivity contribution in [2.75, 3.05) is 6.54 Å². The number of rotatable bonds is 4. The lowest BCUT2D eigenvalue weighted by Gasteiger charge is -2.25. The summed E-state index contributed by atoms with van der Waals surface area (Å²) >= 11 is 0. The molecule has 1 saturated heterocycles. The van der Waals surface area contributed by atoms with Crippen LogP contribution in [-0.4, -0.2) is 34.5 Å². The predicted molar refractivity (Wildman–Crippen MR) is 80.9 cm³/mol. The fraction of sp³-hybridized carbons (Fsp3) is 0.412. The smallest absolute Gasteiger partial charge is 0.331 e. The standard InChI is InChI=1S/C17H21NO3/c1-12(13(2)17(20)21)16(19)18-10-6-9-15(18)11-14-7-4-3-5-8-14/h3-5,7-8,15H,6,9-11H2,1-2H3,(H,20,21). The van der Waals surface area contributed by atoms with E-state index < -0.39 is 5.97 Å². The van der Waals surface area contributed by atoms with Gasteiger partial charge in [0.25, 0.3) is 0 Å². The molecule has 1 unspecified atom stereocenters. The average Bonchev–Trinajstić information content (AvgIpc) is 2.94. The molecule has 4 nitrogen and oxygen atoms in total. The second kappa shape index (κ2) is 6.57. The Morgan fingerprint density at radius 3 is 2.48 bits per heavy atom. The molecule has 1 aromatic carbocycles. The summed E-state index contributed by atoms with van der Waals surface area (Å²) in [5.74, 6) is -1.17. The third-order valence-corrected chi connectivity index (χ3v) is 4.16. The van der Waals surface area contributed by atoms with Crippen LogP contribution < -0.4 is 0 Å². The molecule has 4 heteroatoms. The minimum Gasteiger partial charge on any atom is -0.478 e. The van der Waals surface area contributed by atoms with Gasteiger partial charge in [0.2, 0.25) is 5.91 Å². The summed E-state index contributed by atoms with van der Waals surface area (Å²) in [7, 11) is 0. The average molecular weight is 287 g/mol. The summed E-state index contributed by atoms with van der Waals surface area (Å²) in [5, 5.41) is 9.02. The third-order valence-electron chi connectivity index (χ3n) is 4.16. The van der Waals surface area contributed by atoms with Gasteiger partial charge in [0, 0.05) is 23.7 Å². The Balaban J connectivity index is 2.13. The van der Waals surface area contributed by atoms with Crippen LogP contribution in [0.2, 0.25) is 0 Å². The first kappa shape index (κ1) is 15.3. The van der Waals surface area contributed by atoms with Gasteiger partial charge in [-0.05, 0) is 38.7 Å². The van der Waals surface area contributed by atoms with Crippen LogP contribution in [0.3, 0.4) is 0 Å². The molecule has 1 heterocycles. The van der Waals surface area contributed by atoms with Crippen LogP contribution >= 0.6 is 0 Å². The number of aliphatic carboxylic acids is 1. The molecule has 1 aromatic rings. The van der Waals surface area contributed by atoms with Gasteiger partial charge in [0.15, 0.2) is 0 Å². The number of carboxylic acid groups (broad SMARTS) is 1. The number of amides is 1. The van der Waals surface area contributed by atoms with Crippen LogP contribution in [-0.2, 0) is 16.0 Å². The molecule has 21 heavy (non-hydrogen) atoms. The highest BCUT2D eigenvalue weighted by molar-refractivity contribution is 6.01. The monoisotopic (exact) mass is 287 g/mol. The molecule has 1 amide bonds. The van der Waals surface area contributed by atoms with Crippen LogP contribution in [0.25, 0.3) is 0 Å². The molecule has 1 aliphatic heterocycles. The van der Waals surface area contributed by atoms with E-state index >= 15 is 0 Å². The molecule has 0 bridgehead atoms. The van der Waals surface area contributed by atoms with Crippen molar-refractivity contribution < 1.29 is 14.7 Å². The van der Waals surface area contributed by atoms with Gasteiger partial charge in [-0.15, -0.1) is 0 Å². The topological polar surface area (TPSA) is 57.6 Å². The second-order valence-electron chi connectivity index (χ2n) is 5.54. The Labute approximate surface area is 125 Å². The Hall–Kier alpha value is -2.10. The van der Waals surface area contributed by atoms with Crippen LogP contribution in [0.15, 0.2) is 41.5 Å². The van der Waals surface area contributed by atoms with Crippen molar-refractivity contribution in [3.63, 3.8) is 0 Å². The van der Waals surface area contributed by atoms with Crippen LogP contribution in [0.4, 0.5) is 0 Å². The van der Waals surface area contributed by atoms with Crippen molar-refractivity contribution in [1.82, 2.24) is 4.90 Å². The van der Waals surface area contributed by atoms with Crippen molar-refractivity contribution in [2.24, 2.45) is 0 Å². The summed E-state index contributed by atoms with van der Waals surface area (Å²) in [6.45, 7) is 3.79. The molecule has 1 N–H and O–H groups in total. The van der Waals surface area contributed by atoms with E-state index in [1.165, 1.54) is 12.5 Å². The van der Waals surface area contributed by atoms with E-state index in [0.717, 1.165) is 19.3 Å².